The summed E-state index contributed by atoms with van der Waals surface area (Å²) in [6.07, 6.45) is -0.544. The van der Waals surface area contributed by atoms with Gasteiger partial charge in [0, 0.05) is 16.8 Å². The number of rotatable bonds is 7. The highest BCUT2D eigenvalue weighted by Crippen LogP contribution is 2.39. The van der Waals surface area contributed by atoms with Gasteiger partial charge in [0.2, 0.25) is 5.78 Å². The molecule has 6 heteroatoms. The van der Waals surface area contributed by atoms with Crippen LogP contribution in [0.3, 0.4) is 0 Å². The molecule has 0 fully saturated rings. The third-order valence-electron chi connectivity index (χ3n) is 7.17. The summed E-state index contributed by atoms with van der Waals surface area (Å²) in [7, 11) is 0. The van der Waals surface area contributed by atoms with E-state index in [0.29, 0.717) is 17.7 Å². The standard InChI is InChI=1S/C34H31NO5/c1-20-10-9-13-24(19-34(2,3)4)28(20)35-32(38)30(37)27(31-25-14-7-8-15-26(25)33(39)40-31)29(36)23-17-16-21-11-5-6-12-22(21)18-23/h5-18,27,31H,19H2,1-4H3,(H,35,38)/t27-,31-/m1/s1. The Hall–Kier alpha value is -4.58. The topological polar surface area (TPSA) is 89.5 Å². The van der Waals surface area contributed by atoms with E-state index in [-0.39, 0.29) is 16.5 Å². The normalized spacial score (nSPS) is 15.3. The molecule has 0 radical (unpaired) electrons. The van der Waals surface area contributed by atoms with Crippen LogP contribution in [0.4, 0.5) is 5.69 Å². The smallest absolute Gasteiger partial charge is 0.339 e. The lowest BCUT2D eigenvalue weighted by Gasteiger charge is -2.23. The number of nitrogens with one attached hydrogen (secondary N) is 1. The maximum Gasteiger partial charge on any atom is 0.339 e. The molecule has 1 N–H and O–H groups in total. The number of amides is 1. The van der Waals surface area contributed by atoms with Gasteiger partial charge in [0.1, 0.15) is 12.0 Å². The molecule has 1 aliphatic heterocycles. The monoisotopic (exact) mass is 533 g/mol. The highest BCUT2D eigenvalue weighted by molar-refractivity contribution is 6.45. The van der Waals surface area contributed by atoms with Gasteiger partial charge in [-0.1, -0.05) is 93.6 Å². The molecule has 6 nitrogen and oxygen atoms in total. The number of cyclic esters (lactones) is 1. The van der Waals surface area contributed by atoms with Gasteiger partial charge in [0.25, 0.3) is 5.91 Å². The van der Waals surface area contributed by atoms with E-state index in [4.69, 9.17) is 4.74 Å². The number of Topliss-reactive ketones (excluding diaryl/α,β-unsaturated/α-hetero) is 2. The number of benzene rings is 4. The number of hydrogen-bond donors (Lipinski definition) is 1. The lowest BCUT2D eigenvalue weighted by molar-refractivity contribution is -0.138. The fourth-order valence-electron chi connectivity index (χ4n) is 5.28. The third kappa shape index (κ3) is 5.30. The summed E-state index contributed by atoms with van der Waals surface area (Å²) >= 11 is 0. The summed E-state index contributed by atoms with van der Waals surface area (Å²) in [6, 6.07) is 25.0. The molecule has 1 aliphatic rings. The second-order valence-electron chi connectivity index (χ2n) is 11.5. The van der Waals surface area contributed by atoms with Crippen LogP contribution in [0.2, 0.25) is 0 Å². The van der Waals surface area contributed by atoms with E-state index < -0.39 is 35.5 Å². The minimum Gasteiger partial charge on any atom is -0.453 e. The molecule has 0 saturated carbocycles. The summed E-state index contributed by atoms with van der Waals surface area (Å²) in [5.74, 6) is -4.65. The third-order valence-corrected chi connectivity index (χ3v) is 7.17. The summed E-state index contributed by atoms with van der Waals surface area (Å²) in [5, 5.41) is 4.55. The average Bonchev–Trinajstić information content (AvgIpc) is 3.25. The van der Waals surface area contributed by atoms with Crippen molar-refractivity contribution >= 4 is 39.9 Å². The van der Waals surface area contributed by atoms with Crippen LogP contribution in [0.15, 0.2) is 84.9 Å². The molecule has 1 heterocycles. The van der Waals surface area contributed by atoms with Gasteiger partial charge >= 0.3 is 5.97 Å². The summed E-state index contributed by atoms with van der Waals surface area (Å²) in [4.78, 5) is 54.2. The van der Waals surface area contributed by atoms with Crippen LogP contribution in [0.25, 0.3) is 10.8 Å². The van der Waals surface area contributed by atoms with Gasteiger partial charge in [0.05, 0.1) is 5.56 Å². The van der Waals surface area contributed by atoms with E-state index in [9.17, 15) is 19.2 Å². The molecular formula is C34H31NO5. The van der Waals surface area contributed by atoms with Crippen molar-refractivity contribution in [3.63, 3.8) is 0 Å². The Morgan fingerprint density at radius 2 is 1.57 bits per heavy atom. The SMILES string of the molecule is Cc1cccc(CC(C)(C)C)c1NC(=O)C(=O)[C@@H](C(=O)c1ccc2ccccc2c1)[C@@H]1OC(=O)c2ccccc21. The first-order chi connectivity index (χ1) is 19.0. The molecule has 0 spiro atoms. The fraction of sp³-hybridized carbons (Fsp3) is 0.235. The maximum absolute atomic E-state index is 14.0. The Morgan fingerprint density at radius 3 is 2.33 bits per heavy atom. The van der Waals surface area contributed by atoms with Gasteiger partial charge < -0.3 is 10.1 Å². The number of aryl methyl sites for hydroxylation is 1. The second-order valence-corrected chi connectivity index (χ2v) is 11.5. The van der Waals surface area contributed by atoms with Gasteiger partial charge in [0.15, 0.2) is 5.78 Å². The van der Waals surface area contributed by atoms with E-state index in [0.717, 1.165) is 21.9 Å². The molecule has 0 unspecified atom stereocenters. The molecule has 5 rings (SSSR count). The van der Waals surface area contributed by atoms with Crippen molar-refractivity contribution in [2.45, 2.75) is 40.2 Å². The van der Waals surface area contributed by atoms with Crippen molar-refractivity contribution in [1.29, 1.82) is 0 Å². The Bertz CT molecular complexity index is 1660. The zero-order chi connectivity index (χ0) is 28.6. The number of ether oxygens (including phenoxy) is 1. The minimum atomic E-state index is -1.55. The van der Waals surface area contributed by atoms with Crippen LogP contribution in [0.1, 0.15) is 64.3 Å². The van der Waals surface area contributed by atoms with Crippen LogP contribution >= 0.6 is 0 Å². The Morgan fingerprint density at radius 1 is 0.875 bits per heavy atom. The molecule has 40 heavy (non-hydrogen) atoms. The number of carbonyl (C=O) groups is 4. The average molecular weight is 534 g/mol. The predicted octanol–water partition coefficient (Wildman–Crippen LogP) is 6.66. The van der Waals surface area contributed by atoms with Crippen LogP contribution in [0, 0.1) is 18.3 Å². The maximum atomic E-state index is 14.0. The highest BCUT2D eigenvalue weighted by atomic mass is 16.5. The molecule has 4 aromatic rings. The number of carbonyl (C=O) groups excluding carboxylic acids is 4. The van der Waals surface area contributed by atoms with Crippen LogP contribution in [-0.2, 0) is 20.7 Å². The minimum absolute atomic E-state index is 0.0619. The number of hydrogen-bond acceptors (Lipinski definition) is 5. The van der Waals surface area contributed by atoms with Gasteiger partial charge in [-0.2, -0.15) is 0 Å². The van der Waals surface area contributed by atoms with E-state index in [1.807, 2.05) is 49.4 Å². The number of para-hydroxylation sites is 1. The highest BCUT2D eigenvalue weighted by Gasteiger charge is 2.46. The van der Waals surface area contributed by atoms with E-state index in [2.05, 4.69) is 26.1 Å². The molecule has 2 atom stereocenters. The summed E-state index contributed by atoms with van der Waals surface area (Å²) < 4.78 is 5.60. The lowest BCUT2D eigenvalue weighted by Crippen LogP contribution is -2.38. The molecule has 1 amide bonds. The zero-order valence-corrected chi connectivity index (χ0v) is 23.0. The first-order valence-electron chi connectivity index (χ1n) is 13.3. The predicted molar refractivity (Wildman–Crippen MR) is 154 cm³/mol. The molecule has 202 valence electrons. The van der Waals surface area contributed by atoms with E-state index >= 15 is 0 Å². The Labute approximate surface area is 233 Å². The molecular weight excluding hydrogens is 502 g/mol. The Kier molecular flexibility index (Phi) is 7.11. The first kappa shape index (κ1) is 27.0. The number of ketones is 2. The van der Waals surface area contributed by atoms with Crippen molar-refractivity contribution < 1.29 is 23.9 Å². The molecule has 0 saturated heterocycles. The lowest BCUT2D eigenvalue weighted by atomic mass is 9.84. The number of fused-ring (bicyclic) bond motifs is 2. The van der Waals surface area contributed by atoms with Gasteiger partial charge in [-0.05, 0) is 52.8 Å². The van der Waals surface area contributed by atoms with Crippen molar-refractivity contribution in [2.24, 2.45) is 11.3 Å². The van der Waals surface area contributed by atoms with Crippen molar-refractivity contribution in [3.05, 3.63) is 113 Å². The largest absolute Gasteiger partial charge is 0.453 e. The van der Waals surface area contributed by atoms with E-state index in [1.165, 1.54) is 0 Å². The summed E-state index contributed by atoms with van der Waals surface area (Å²) in [5.41, 5.74) is 3.14. The second kappa shape index (κ2) is 10.5. The fourth-order valence-corrected chi connectivity index (χ4v) is 5.28. The molecule has 0 bridgehead atoms. The van der Waals surface area contributed by atoms with Gasteiger partial charge in [-0.25, -0.2) is 4.79 Å². The molecule has 0 aromatic heterocycles. The van der Waals surface area contributed by atoms with Gasteiger partial charge in [-0.15, -0.1) is 0 Å². The number of esters is 1. The van der Waals surface area contributed by atoms with Crippen molar-refractivity contribution in [3.8, 4) is 0 Å². The first-order valence-corrected chi connectivity index (χ1v) is 13.3. The Balaban J connectivity index is 1.54. The van der Waals surface area contributed by atoms with Crippen molar-refractivity contribution in [2.75, 3.05) is 5.32 Å². The molecule has 0 aliphatic carbocycles. The number of anilines is 1. The van der Waals surface area contributed by atoms with Crippen molar-refractivity contribution in [1.82, 2.24) is 0 Å². The van der Waals surface area contributed by atoms with E-state index in [1.54, 1.807) is 42.5 Å². The van der Waals surface area contributed by atoms with Crippen LogP contribution < -0.4 is 5.32 Å². The summed E-state index contributed by atoms with van der Waals surface area (Å²) in [6.45, 7) is 8.14. The van der Waals surface area contributed by atoms with Crippen LogP contribution in [-0.4, -0.2) is 23.4 Å². The molecule has 4 aromatic carbocycles. The van der Waals surface area contributed by atoms with Gasteiger partial charge in [-0.3, -0.25) is 14.4 Å². The van der Waals surface area contributed by atoms with Crippen LogP contribution in [0.5, 0.6) is 0 Å². The quantitative estimate of drug-likeness (QED) is 0.124. The zero-order valence-electron chi connectivity index (χ0n) is 23.0.